The molecule has 0 aliphatic carbocycles. The molecule has 0 fully saturated rings. The molecule has 3 N–H and O–H groups in total. The number of phenolic OH excluding ortho intramolecular Hbond substituents is 2. The Morgan fingerprint density at radius 3 is 2.40 bits per heavy atom. The standard InChI is InChI=1S/C15H15NO4/c1-20-9-10-5-2-3-6-11(10)16-15(19)14-12(17)7-4-8-13(14)18/h2-8,17-18H,9H2,1H3,(H,16,19). The Morgan fingerprint density at radius 1 is 1.10 bits per heavy atom. The maximum atomic E-state index is 12.1. The van der Waals surface area contributed by atoms with Crippen LogP contribution in [0.1, 0.15) is 15.9 Å². The van der Waals surface area contributed by atoms with Gasteiger partial charge in [-0.3, -0.25) is 4.79 Å². The minimum atomic E-state index is -0.579. The van der Waals surface area contributed by atoms with Crippen molar-refractivity contribution in [3.8, 4) is 11.5 Å². The molecule has 0 aliphatic rings. The number of phenols is 2. The summed E-state index contributed by atoms with van der Waals surface area (Å²) in [4.78, 5) is 12.1. The van der Waals surface area contributed by atoms with Gasteiger partial charge in [-0.15, -0.1) is 0 Å². The molecule has 0 spiro atoms. The van der Waals surface area contributed by atoms with Crippen LogP contribution in [0.4, 0.5) is 5.69 Å². The molecule has 0 heterocycles. The summed E-state index contributed by atoms with van der Waals surface area (Å²) < 4.78 is 5.05. The van der Waals surface area contributed by atoms with E-state index in [2.05, 4.69) is 5.32 Å². The van der Waals surface area contributed by atoms with E-state index in [1.165, 1.54) is 18.2 Å². The number of benzene rings is 2. The Balaban J connectivity index is 2.28. The van der Waals surface area contributed by atoms with Crippen LogP contribution >= 0.6 is 0 Å². The van der Waals surface area contributed by atoms with Crippen molar-refractivity contribution in [1.29, 1.82) is 0 Å². The number of hydrogen-bond acceptors (Lipinski definition) is 4. The Morgan fingerprint density at radius 2 is 1.75 bits per heavy atom. The van der Waals surface area contributed by atoms with E-state index in [-0.39, 0.29) is 17.1 Å². The molecule has 0 bridgehead atoms. The predicted molar refractivity (Wildman–Crippen MR) is 74.9 cm³/mol. The molecule has 0 saturated carbocycles. The van der Waals surface area contributed by atoms with E-state index in [0.717, 1.165) is 5.56 Å². The fourth-order valence-corrected chi connectivity index (χ4v) is 1.87. The summed E-state index contributed by atoms with van der Waals surface area (Å²) >= 11 is 0. The van der Waals surface area contributed by atoms with Crippen LogP contribution in [-0.4, -0.2) is 23.2 Å². The topological polar surface area (TPSA) is 78.8 Å². The van der Waals surface area contributed by atoms with E-state index >= 15 is 0 Å². The molecule has 5 heteroatoms. The second-order valence-corrected chi connectivity index (χ2v) is 4.22. The highest BCUT2D eigenvalue weighted by Crippen LogP contribution is 2.27. The van der Waals surface area contributed by atoms with Crippen molar-refractivity contribution in [3.63, 3.8) is 0 Å². The van der Waals surface area contributed by atoms with Gasteiger partial charge in [-0.25, -0.2) is 0 Å². The van der Waals surface area contributed by atoms with E-state index in [9.17, 15) is 15.0 Å². The first-order valence-corrected chi connectivity index (χ1v) is 6.02. The van der Waals surface area contributed by atoms with Crippen molar-refractivity contribution in [2.75, 3.05) is 12.4 Å². The summed E-state index contributed by atoms with van der Waals surface area (Å²) in [7, 11) is 1.56. The number of anilines is 1. The summed E-state index contributed by atoms with van der Waals surface area (Å²) in [5, 5.41) is 22.0. The van der Waals surface area contributed by atoms with Gasteiger partial charge in [-0.2, -0.15) is 0 Å². The lowest BCUT2D eigenvalue weighted by molar-refractivity contribution is 0.102. The van der Waals surface area contributed by atoms with E-state index < -0.39 is 5.91 Å². The molecule has 0 unspecified atom stereocenters. The summed E-state index contributed by atoms with van der Waals surface area (Å²) in [5.41, 5.74) is 1.22. The molecule has 0 saturated heterocycles. The Labute approximate surface area is 116 Å². The van der Waals surface area contributed by atoms with Gasteiger partial charge < -0.3 is 20.3 Å². The second-order valence-electron chi connectivity index (χ2n) is 4.22. The van der Waals surface area contributed by atoms with E-state index in [1.54, 1.807) is 19.2 Å². The SMILES string of the molecule is COCc1ccccc1NC(=O)c1c(O)cccc1O. The van der Waals surface area contributed by atoms with Gasteiger partial charge in [0.15, 0.2) is 0 Å². The first-order valence-electron chi connectivity index (χ1n) is 6.02. The zero-order chi connectivity index (χ0) is 14.5. The molecule has 2 aromatic rings. The highest BCUT2D eigenvalue weighted by Gasteiger charge is 2.17. The Kier molecular flexibility index (Phi) is 4.22. The average Bonchev–Trinajstić information content (AvgIpc) is 2.41. The van der Waals surface area contributed by atoms with Crippen molar-refractivity contribution >= 4 is 11.6 Å². The molecule has 5 nitrogen and oxygen atoms in total. The number of aromatic hydroxyl groups is 2. The number of ether oxygens (including phenoxy) is 1. The number of methoxy groups -OCH3 is 1. The molecule has 104 valence electrons. The van der Waals surface area contributed by atoms with Gasteiger partial charge in [-0.1, -0.05) is 24.3 Å². The van der Waals surface area contributed by atoms with Crippen molar-refractivity contribution < 1.29 is 19.7 Å². The lowest BCUT2D eigenvalue weighted by atomic mass is 10.1. The molecule has 2 rings (SSSR count). The van der Waals surface area contributed by atoms with E-state index in [1.807, 2.05) is 12.1 Å². The third-order valence-electron chi connectivity index (χ3n) is 2.81. The van der Waals surface area contributed by atoms with Crippen LogP contribution in [0.3, 0.4) is 0 Å². The molecular weight excluding hydrogens is 258 g/mol. The highest BCUT2D eigenvalue weighted by atomic mass is 16.5. The van der Waals surface area contributed by atoms with Crippen LogP contribution in [0.5, 0.6) is 11.5 Å². The molecule has 0 aromatic heterocycles. The van der Waals surface area contributed by atoms with Gasteiger partial charge in [0.25, 0.3) is 5.91 Å². The minimum absolute atomic E-state index is 0.153. The predicted octanol–water partition coefficient (Wildman–Crippen LogP) is 2.50. The van der Waals surface area contributed by atoms with Crippen LogP contribution in [0.15, 0.2) is 42.5 Å². The van der Waals surface area contributed by atoms with Gasteiger partial charge >= 0.3 is 0 Å². The largest absolute Gasteiger partial charge is 0.507 e. The zero-order valence-corrected chi connectivity index (χ0v) is 11.0. The maximum Gasteiger partial charge on any atom is 0.263 e. The normalized spacial score (nSPS) is 10.2. The van der Waals surface area contributed by atoms with Crippen LogP contribution in [0.2, 0.25) is 0 Å². The molecule has 2 aromatic carbocycles. The van der Waals surface area contributed by atoms with E-state index in [0.29, 0.717) is 12.3 Å². The Hall–Kier alpha value is -2.53. The summed E-state index contributed by atoms with van der Waals surface area (Å²) in [6, 6.07) is 11.3. The van der Waals surface area contributed by atoms with Gasteiger partial charge in [0.05, 0.1) is 6.61 Å². The van der Waals surface area contributed by atoms with Crippen LogP contribution < -0.4 is 5.32 Å². The molecule has 1 amide bonds. The average molecular weight is 273 g/mol. The van der Waals surface area contributed by atoms with Gasteiger partial charge in [0.2, 0.25) is 0 Å². The minimum Gasteiger partial charge on any atom is -0.507 e. The van der Waals surface area contributed by atoms with Crippen LogP contribution in [-0.2, 0) is 11.3 Å². The first-order chi connectivity index (χ1) is 9.63. The quantitative estimate of drug-likeness (QED) is 0.799. The van der Waals surface area contributed by atoms with Crippen LogP contribution in [0.25, 0.3) is 0 Å². The number of carbonyl (C=O) groups excluding carboxylic acids is 1. The third-order valence-corrected chi connectivity index (χ3v) is 2.81. The monoisotopic (exact) mass is 273 g/mol. The van der Waals surface area contributed by atoms with Gasteiger partial charge in [0.1, 0.15) is 17.1 Å². The van der Waals surface area contributed by atoms with Gasteiger partial charge in [0, 0.05) is 18.4 Å². The van der Waals surface area contributed by atoms with Crippen molar-refractivity contribution in [2.24, 2.45) is 0 Å². The maximum absolute atomic E-state index is 12.1. The number of carbonyl (C=O) groups is 1. The molecule has 0 aliphatic heterocycles. The van der Waals surface area contributed by atoms with Crippen molar-refractivity contribution in [2.45, 2.75) is 6.61 Å². The van der Waals surface area contributed by atoms with Gasteiger partial charge in [-0.05, 0) is 18.2 Å². The number of rotatable bonds is 4. The van der Waals surface area contributed by atoms with Crippen molar-refractivity contribution in [3.05, 3.63) is 53.6 Å². The lowest BCUT2D eigenvalue weighted by Crippen LogP contribution is -2.14. The fourth-order valence-electron chi connectivity index (χ4n) is 1.87. The number of hydrogen-bond donors (Lipinski definition) is 3. The summed E-state index contributed by atoms with van der Waals surface area (Å²) in [6.45, 7) is 0.350. The first kappa shape index (κ1) is 13.9. The van der Waals surface area contributed by atoms with E-state index in [4.69, 9.17) is 4.74 Å². The molecule has 20 heavy (non-hydrogen) atoms. The third kappa shape index (κ3) is 2.89. The smallest absolute Gasteiger partial charge is 0.263 e. The zero-order valence-electron chi connectivity index (χ0n) is 11.0. The Bertz CT molecular complexity index is 605. The fraction of sp³-hybridized carbons (Fsp3) is 0.133. The number of para-hydroxylation sites is 1. The van der Waals surface area contributed by atoms with Crippen molar-refractivity contribution in [1.82, 2.24) is 0 Å². The highest BCUT2D eigenvalue weighted by molar-refractivity contribution is 6.08. The summed E-state index contributed by atoms with van der Waals surface area (Å²) in [5.74, 6) is -1.12. The second kappa shape index (κ2) is 6.08. The summed E-state index contributed by atoms with van der Waals surface area (Å²) in [6.07, 6.45) is 0. The number of nitrogens with one attached hydrogen (secondary N) is 1. The number of amides is 1. The lowest BCUT2D eigenvalue weighted by Gasteiger charge is -2.12. The molecule has 0 atom stereocenters. The molecular formula is C15H15NO4. The van der Waals surface area contributed by atoms with Crippen LogP contribution in [0, 0.1) is 0 Å². The molecule has 0 radical (unpaired) electrons.